The van der Waals surface area contributed by atoms with E-state index in [1.54, 1.807) is 18.2 Å². The lowest BCUT2D eigenvalue weighted by atomic mass is 9.67. The first-order valence-corrected chi connectivity index (χ1v) is 13.0. The average molecular weight is 493 g/mol. The second-order valence-electron chi connectivity index (χ2n) is 11.2. The first-order valence-electron chi connectivity index (χ1n) is 13.0. The van der Waals surface area contributed by atoms with Gasteiger partial charge in [-0.1, -0.05) is 45.9 Å². The van der Waals surface area contributed by atoms with Gasteiger partial charge in [-0.15, -0.1) is 0 Å². The highest BCUT2D eigenvalue weighted by Crippen LogP contribution is 2.39. The van der Waals surface area contributed by atoms with Crippen molar-refractivity contribution in [2.45, 2.75) is 64.6 Å². The summed E-state index contributed by atoms with van der Waals surface area (Å²) >= 11 is 0. The summed E-state index contributed by atoms with van der Waals surface area (Å²) in [6.45, 7) is 12.1. The van der Waals surface area contributed by atoms with E-state index in [-0.39, 0.29) is 29.2 Å². The molecule has 0 spiro atoms. The van der Waals surface area contributed by atoms with E-state index in [1.807, 2.05) is 18.2 Å². The number of likely N-dealkylation sites (tertiary alicyclic amines) is 1. The molecule has 2 aliphatic rings. The predicted molar refractivity (Wildman–Crippen MR) is 142 cm³/mol. The third kappa shape index (κ3) is 5.57. The Balaban J connectivity index is 1.37. The molecule has 4 unspecified atom stereocenters. The molecule has 2 heterocycles. The summed E-state index contributed by atoms with van der Waals surface area (Å²) in [5.74, 6) is 0.579. The quantitative estimate of drug-likeness (QED) is 0.475. The van der Waals surface area contributed by atoms with Crippen LogP contribution in [-0.4, -0.2) is 53.5 Å². The van der Waals surface area contributed by atoms with Crippen LogP contribution in [0.2, 0.25) is 0 Å². The minimum atomic E-state index is -0.393. The summed E-state index contributed by atoms with van der Waals surface area (Å²) in [6, 6.07) is 12.9. The lowest BCUT2D eigenvalue weighted by molar-refractivity contribution is -0.124. The molecule has 194 valence electrons. The summed E-state index contributed by atoms with van der Waals surface area (Å²) in [5.41, 5.74) is 9.36. The third-order valence-corrected chi connectivity index (χ3v) is 8.43. The number of hydrogen-bond acceptors (Lipinski definition) is 5. The van der Waals surface area contributed by atoms with Crippen LogP contribution < -0.4 is 16.4 Å². The Hall–Kier alpha value is -2.90. The van der Waals surface area contributed by atoms with Gasteiger partial charge in [0.1, 0.15) is 5.75 Å². The Morgan fingerprint density at radius 2 is 2.00 bits per heavy atom. The van der Waals surface area contributed by atoms with Gasteiger partial charge in [-0.3, -0.25) is 9.59 Å². The summed E-state index contributed by atoms with van der Waals surface area (Å²) in [5, 5.41) is 16.4. The molecule has 4 atom stereocenters. The van der Waals surface area contributed by atoms with E-state index < -0.39 is 5.91 Å². The van der Waals surface area contributed by atoms with Gasteiger partial charge in [0.05, 0.1) is 6.04 Å². The monoisotopic (exact) mass is 492 g/mol. The van der Waals surface area contributed by atoms with Crippen molar-refractivity contribution < 1.29 is 14.7 Å². The van der Waals surface area contributed by atoms with E-state index in [1.165, 1.54) is 0 Å². The number of carbonyl (C=O) groups is 2. The van der Waals surface area contributed by atoms with Crippen molar-refractivity contribution in [1.82, 2.24) is 15.5 Å². The first-order chi connectivity index (χ1) is 17.1. The SMILES string of the molecule is CC(C)C(CN1CCC(C)(c2cccc(C(N)=O)c2)C(C)C1)NC(=O)C1Cc2ccc(O)cc2CN1. The van der Waals surface area contributed by atoms with Gasteiger partial charge in [0.15, 0.2) is 0 Å². The summed E-state index contributed by atoms with van der Waals surface area (Å²) in [4.78, 5) is 27.4. The molecule has 0 aliphatic carbocycles. The van der Waals surface area contributed by atoms with Crippen LogP contribution in [0.5, 0.6) is 5.75 Å². The van der Waals surface area contributed by atoms with Crippen LogP contribution in [0.4, 0.5) is 0 Å². The zero-order valence-corrected chi connectivity index (χ0v) is 21.9. The molecule has 2 aromatic rings. The largest absolute Gasteiger partial charge is 0.508 e. The number of hydrogen-bond donors (Lipinski definition) is 4. The molecule has 5 N–H and O–H groups in total. The molecule has 0 aromatic heterocycles. The van der Waals surface area contributed by atoms with E-state index in [2.05, 4.69) is 49.3 Å². The van der Waals surface area contributed by atoms with Crippen molar-refractivity contribution in [3.05, 3.63) is 64.7 Å². The van der Waals surface area contributed by atoms with E-state index in [9.17, 15) is 14.7 Å². The van der Waals surface area contributed by atoms with E-state index >= 15 is 0 Å². The van der Waals surface area contributed by atoms with Crippen molar-refractivity contribution in [3.63, 3.8) is 0 Å². The first kappa shape index (κ1) is 26.2. The molecule has 2 aliphatic heterocycles. The highest BCUT2D eigenvalue weighted by molar-refractivity contribution is 5.93. The number of nitrogens with two attached hydrogens (primary N) is 1. The Bertz CT molecular complexity index is 1120. The maximum absolute atomic E-state index is 13.2. The van der Waals surface area contributed by atoms with Crippen LogP contribution in [0.3, 0.4) is 0 Å². The third-order valence-electron chi connectivity index (χ3n) is 8.43. The van der Waals surface area contributed by atoms with E-state index in [0.717, 1.165) is 42.7 Å². The number of benzene rings is 2. The van der Waals surface area contributed by atoms with Crippen LogP contribution in [0, 0.1) is 11.8 Å². The molecule has 0 bridgehead atoms. The fraction of sp³-hybridized carbons (Fsp3) is 0.517. The smallest absolute Gasteiger partial charge is 0.248 e. The molecule has 7 heteroatoms. The minimum absolute atomic E-state index is 0.0330. The summed E-state index contributed by atoms with van der Waals surface area (Å²) in [6.07, 6.45) is 1.60. The molecule has 7 nitrogen and oxygen atoms in total. The molecule has 2 amide bonds. The molecule has 2 aromatic carbocycles. The average Bonchev–Trinajstić information content (AvgIpc) is 2.85. The van der Waals surface area contributed by atoms with Gasteiger partial charge in [0.2, 0.25) is 11.8 Å². The molecule has 0 radical (unpaired) electrons. The lowest BCUT2D eigenvalue weighted by Crippen LogP contribution is -2.56. The maximum atomic E-state index is 13.2. The van der Waals surface area contributed by atoms with Gasteiger partial charge in [-0.2, -0.15) is 0 Å². The molecule has 0 saturated carbocycles. The van der Waals surface area contributed by atoms with Crippen LogP contribution in [0.25, 0.3) is 0 Å². The number of amides is 2. The summed E-state index contributed by atoms with van der Waals surface area (Å²) in [7, 11) is 0. The van der Waals surface area contributed by atoms with Gasteiger partial charge >= 0.3 is 0 Å². The number of fused-ring (bicyclic) bond motifs is 1. The molecule has 36 heavy (non-hydrogen) atoms. The number of phenolic OH excluding ortho intramolecular Hbond substituents is 1. The number of aromatic hydroxyl groups is 1. The van der Waals surface area contributed by atoms with Crippen molar-refractivity contribution in [3.8, 4) is 5.75 Å². The molecule has 1 fully saturated rings. The standard InChI is InChI=1S/C29H40N4O3/c1-18(2)26(32-28(36)25-14-20-8-9-24(34)13-22(20)15-31-25)17-33-11-10-29(4,19(3)16-33)23-7-5-6-21(12-23)27(30)35/h5-9,12-13,18-19,25-26,31,34H,10-11,14-17H2,1-4H3,(H2,30,35)(H,32,36). The zero-order chi connectivity index (χ0) is 26.0. The topological polar surface area (TPSA) is 108 Å². The molecule has 4 rings (SSSR count). The van der Waals surface area contributed by atoms with Gasteiger partial charge in [0, 0.05) is 31.2 Å². The zero-order valence-electron chi connectivity index (χ0n) is 21.9. The number of rotatable bonds is 7. The predicted octanol–water partition coefficient (Wildman–Crippen LogP) is 2.95. The fourth-order valence-electron chi connectivity index (χ4n) is 5.61. The van der Waals surface area contributed by atoms with E-state index in [0.29, 0.717) is 30.4 Å². The molecule has 1 saturated heterocycles. The number of nitrogens with one attached hydrogen (secondary N) is 2. The van der Waals surface area contributed by atoms with Crippen molar-refractivity contribution in [1.29, 1.82) is 0 Å². The Morgan fingerprint density at radius 3 is 2.69 bits per heavy atom. The number of primary amides is 1. The van der Waals surface area contributed by atoms with E-state index in [4.69, 9.17) is 5.73 Å². The number of carbonyl (C=O) groups excluding carboxylic acids is 2. The Labute approximate surface area is 214 Å². The fourth-order valence-corrected chi connectivity index (χ4v) is 5.61. The highest BCUT2D eigenvalue weighted by atomic mass is 16.3. The van der Waals surface area contributed by atoms with Crippen LogP contribution in [0.1, 0.15) is 61.2 Å². The van der Waals surface area contributed by atoms with Crippen LogP contribution >= 0.6 is 0 Å². The normalized spacial score (nSPS) is 25.2. The second-order valence-corrected chi connectivity index (χ2v) is 11.2. The van der Waals surface area contributed by atoms with Crippen LogP contribution in [0.15, 0.2) is 42.5 Å². The van der Waals surface area contributed by atoms with Gasteiger partial charge < -0.3 is 26.4 Å². The van der Waals surface area contributed by atoms with Gasteiger partial charge in [-0.25, -0.2) is 0 Å². The maximum Gasteiger partial charge on any atom is 0.248 e. The summed E-state index contributed by atoms with van der Waals surface area (Å²) < 4.78 is 0. The minimum Gasteiger partial charge on any atom is -0.508 e. The molecular formula is C29H40N4O3. The van der Waals surface area contributed by atoms with Gasteiger partial charge in [-0.05, 0) is 77.6 Å². The number of phenols is 1. The number of piperidine rings is 1. The Kier molecular flexibility index (Phi) is 7.71. The second kappa shape index (κ2) is 10.6. The highest BCUT2D eigenvalue weighted by Gasteiger charge is 2.39. The van der Waals surface area contributed by atoms with Crippen molar-refractivity contribution >= 4 is 11.8 Å². The van der Waals surface area contributed by atoms with Gasteiger partial charge in [0.25, 0.3) is 0 Å². The Morgan fingerprint density at radius 1 is 1.22 bits per heavy atom. The lowest BCUT2D eigenvalue weighted by Gasteiger charge is -2.46. The molecular weight excluding hydrogens is 452 g/mol. The van der Waals surface area contributed by atoms with Crippen molar-refractivity contribution in [2.75, 3.05) is 19.6 Å². The van der Waals surface area contributed by atoms with Crippen molar-refractivity contribution in [2.24, 2.45) is 17.6 Å². The number of nitrogens with zero attached hydrogens (tertiary/aromatic N) is 1. The van der Waals surface area contributed by atoms with Crippen LogP contribution in [-0.2, 0) is 23.2 Å².